The lowest BCUT2D eigenvalue weighted by atomic mass is 9.65. The van der Waals surface area contributed by atoms with Crippen LogP contribution in [0.4, 0.5) is 0 Å². The van der Waals surface area contributed by atoms with Gasteiger partial charge in [0.25, 0.3) is 0 Å². The number of nitrogens with one attached hydrogen (secondary N) is 2. The fourth-order valence-corrected chi connectivity index (χ4v) is 8.20. The SMILES string of the molecule is CC1(C)C[C@@H]2C[C@@](C)(C[NH+]2C[NH+]2C[C@@]3(C)C[C@@H]2CC(C)(C)C3)C1. The molecule has 2 saturated heterocycles. The van der Waals surface area contributed by atoms with Gasteiger partial charge in [-0.2, -0.15) is 0 Å². The first kappa shape index (κ1) is 16.4. The van der Waals surface area contributed by atoms with Crippen molar-refractivity contribution in [1.82, 2.24) is 0 Å². The molecule has 0 aromatic rings. The third kappa shape index (κ3) is 2.99. The summed E-state index contributed by atoms with van der Waals surface area (Å²) < 4.78 is 0. The molecule has 23 heavy (non-hydrogen) atoms. The van der Waals surface area contributed by atoms with E-state index in [0.717, 1.165) is 12.1 Å². The first-order valence-corrected chi connectivity index (χ1v) is 10.2. The van der Waals surface area contributed by atoms with Crippen LogP contribution in [0.25, 0.3) is 0 Å². The normalized spacial score (nSPS) is 53.5. The summed E-state index contributed by atoms with van der Waals surface area (Å²) in [5, 5.41) is 0. The minimum Gasteiger partial charge on any atom is -0.286 e. The Bertz CT molecular complexity index is 452. The minimum absolute atomic E-state index is 0.573. The van der Waals surface area contributed by atoms with Crippen molar-refractivity contribution in [3.63, 3.8) is 0 Å². The van der Waals surface area contributed by atoms with Crippen molar-refractivity contribution in [2.75, 3.05) is 19.8 Å². The molecule has 0 aromatic heterocycles. The van der Waals surface area contributed by atoms with Crippen LogP contribution in [0.15, 0.2) is 0 Å². The molecule has 2 heterocycles. The van der Waals surface area contributed by atoms with E-state index in [4.69, 9.17) is 0 Å². The zero-order valence-corrected chi connectivity index (χ0v) is 16.5. The van der Waals surface area contributed by atoms with E-state index in [9.17, 15) is 0 Å². The maximum atomic E-state index is 2.58. The van der Waals surface area contributed by atoms with Crippen molar-refractivity contribution >= 4 is 0 Å². The number of rotatable bonds is 2. The van der Waals surface area contributed by atoms with E-state index < -0.39 is 0 Å². The fraction of sp³-hybridized carbons (Fsp3) is 1.00. The summed E-state index contributed by atoms with van der Waals surface area (Å²) in [6.07, 6.45) is 8.79. The maximum absolute atomic E-state index is 2.58. The summed E-state index contributed by atoms with van der Waals surface area (Å²) in [4.78, 5) is 3.92. The van der Waals surface area contributed by atoms with Gasteiger partial charge in [-0.15, -0.1) is 0 Å². The Balaban J connectivity index is 1.48. The third-order valence-corrected chi connectivity index (χ3v) is 7.80. The number of fused-ring (bicyclic) bond motifs is 4. The Morgan fingerprint density at radius 2 is 1.04 bits per heavy atom. The third-order valence-electron chi connectivity index (χ3n) is 7.80. The van der Waals surface area contributed by atoms with Crippen LogP contribution in [0.3, 0.4) is 0 Å². The minimum atomic E-state index is 0.573. The summed E-state index contributed by atoms with van der Waals surface area (Å²) >= 11 is 0. The van der Waals surface area contributed by atoms with Gasteiger partial charge >= 0.3 is 0 Å². The zero-order chi connectivity index (χ0) is 16.7. The van der Waals surface area contributed by atoms with Crippen LogP contribution in [0.2, 0.25) is 0 Å². The van der Waals surface area contributed by atoms with Crippen LogP contribution >= 0.6 is 0 Å². The molecule has 4 aliphatic rings. The van der Waals surface area contributed by atoms with E-state index in [0.29, 0.717) is 21.7 Å². The van der Waals surface area contributed by atoms with E-state index in [-0.39, 0.29) is 0 Å². The van der Waals surface area contributed by atoms with E-state index in [1.807, 2.05) is 9.80 Å². The molecule has 4 fully saturated rings. The van der Waals surface area contributed by atoms with Gasteiger partial charge in [0.05, 0.1) is 25.2 Å². The molecule has 2 heteroatoms. The largest absolute Gasteiger partial charge is 0.286 e. The summed E-state index contributed by atoms with van der Waals surface area (Å²) in [7, 11) is 0. The quantitative estimate of drug-likeness (QED) is 0.769. The Morgan fingerprint density at radius 1 is 0.652 bits per heavy atom. The molecule has 2 nitrogen and oxygen atoms in total. The van der Waals surface area contributed by atoms with Crippen molar-refractivity contribution in [2.24, 2.45) is 21.7 Å². The van der Waals surface area contributed by atoms with Gasteiger partial charge in [-0.25, -0.2) is 0 Å². The molecule has 4 rings (SSSR count). The number of hydrogen-bond acceptors (Lipinski definition) is 0. The van der Waals surface area contributed by atoms with Gasteiger partial charge < -0.3 is 0 Å². The highest BCUT2D eigenvalue weighted by molar-refractivity contribution is 4.96. The van der Waals surface area contributed by atoms with Crippen molar-refractivity contribution < 1.29 is 9.80 Å². The van der Waals surface area contributed by atoms with Crippen LogP contribution in [0.1, 0.15) is 80.1 Å². The van der Waals surface area contributed by atoms with Gasteiger partial charge in [0.2, 0.25) is 6.67 Å². The smallest absolute Gasteiger partial charge is 0.204 e. The first-order valence-electron chi connectivity index (χ1n) is 10.2. The standard InChI is InChI=1S/C21H38N2/c1-18(2)7-16-9-20(5,11-18)13-22(16)15-23-14-21(6)10-17(23)8-19(3,4)12-21/h16-17H,7-15H2,1-6H3/p+2/t16-,17+,20-,21+. The molecule has 2 saturated carbocycles. The number of likely N-dealkylation sites (tertiary alicyclic amines) is 2. The first-order chi connectivity index (χ1) is 10.5. The van der Waals surface area contributed by atoms with Gasteiger partial charge in [0, 0.05) is 36.5 Å². The second-order valence-corrected chi connectivity index (χ2v) is 12.4. The van der Waals surface area contributed by atoms with Crippen LogP contribution < -0.4 is 9.80 Å². The van der Waals surface area contributed by atoms with E-state index in [2.05, 4.69) is 41.5 Å². The molecule has 4 bridgehead atoms. The molecular weight excluding hydrogens is 280 g/mol. The van der Waals surface area contributed by atoms with E-state index in [1.165, 1.54) is 58.3 Å². The van der Waals surface area contributed by atoms with Crippen LogP contribution in [0, 0.1) is 21.7 Å². The Hall–Kier alpha value is -0.0800. The molecule has 132 valence electrons. The fourth-order valence-electron chi connectivity index (χ4n) is 8.20. The highest BCUT2D eigenvalue weighted by atomic mass is 15.4. The molecular formula is C21H40N2+2. The lowest BCUT2D eigenvalue weighted by Gasteiger charge is -2.38. The number of hydrogen-bond donors (Lipinski definition) is 2. The Kier molecular flexibility index (Phi) is 3.39. The summed E-state index contributed by atoms with van der Waals surface area (Å²) in [5.41, 5.74) is 2.39. The second-order valence-electron chi connectivity index (χ2n) is 12.4. The van der Waals surface area contributed by atoms with Gasteiger partial charge in [0.15, 0.2) is 0 Å². The highest BCUT2D eigenvalue weighted by Gasteiger charge is 2.57. The molecule has 0 spiro atoms. The van der Waals surface area contributed by atoms with Gasteiger partial charge in [-0.05, 0) is 23.7 Å². The molecule has 2 N–H and O–H groups in total. The van der Waals surface area contributed by atoms with Gasteiger partial charge in [-0.1, -0.05) is 41.5 Å². The molecule has 0 amide bonds. The molecule has 2 aliphatic heterocycles. The molecule has 6 atom stereocenters. The van der Waals surface area contributed by atoms with Crippen LogP contribution in [-0.4, -0.2) is 31.8 Å². The van der Waals surface area contributed by atoms with Crippen molar-refractivity contribution in [1.29, 1.82) is 0 Å². The molecule has 0 radical (unpaired) electrons. The maximum Gasteiger partial charge on any atom is 0.204 e. The Morgan fingerprint density at radius 3 is 1.43 bits per heavy atom. The van der Waals surface area contributed by atoms with Crippen LogP contribution in [0.5, 0.6) is 0 Å². The second kappa shape index (κ2) is 4.75. The predicted octanol–water partition coefficient (Wildman–Crippen LogP) is 1.91. The summed E-state index contributed by atoms with van der Waals surface area (Å²) in [6, 6.07) is 1.88. The van der Waals surface area contributed by atoms with Crippen molar-refractivity contribution in [3.8, 4) is 0 Å². The molecule has 2 aliphatic carbocycles. The van der Waals surface area contributed by atoms with Crippen LogP contribution in [-0.2, 0) is 0 Å². The van der Waals surface area contributed by atoms with Gasteiger partial charge in [0.1, 0.15) is 0 Å². The average Bonchev–Trinajstić information content (AvgIpc) is 2.67. The lowest BCUT2D eigenvalue weighted by Crippen LogP contribution is -3.33. The van der Waals surface area contributed by atoms with E-state index >= 15 is 0 Å². The van der Waals surface area contributed by atoms with E-state index in [1.54, 1.807) is 0 Å². The topological polar surface area (TPSA) is 8.88 Å². The zero-order valence-electron chi connectivity index (χ0n) is 16.5. The number of quaternary nitrogens is 2. The Labute approximate surface area is 144 Å². The highest BCUT2D eigenvalue weighted by Crippen LogP contribution is 2.48. The molecule has 2 unspecified atom stereocenters. The monoisotopic (exact) mass is 320 g/mol. The molecule has 0 aromatic carbocycles. The van der Waals surface area contributed by atoms with Crippen molar-refractivity contribution in [2.45, 2.75) is 92.2 Å². The van der Waals surface area contributed by atoms with Gasteiger partial charge in [-0.3, -0.25) is 9.80 Å². The predicted molar refractivity (Wildman–Crippen MR) is 95.6 cm³/mol. The average molecular weight is 321 g/mol. The lowest BCUT2D eigenvalue weighted by molar-refractivity contribution is -1.10. The summed E-state index contributed by atoms with van der Waals surface area (Å²) in [5.74, 6) is 0. The summed E-state index contributed by atoms with van der Waals surface area (Å²) in [6.45, 7) is 19.5. The van der Waals surface area contributed by atoms with Crippen molar-refractivity contribution in [3.05, 3.63) is 0 Å².